The van der Waals surface area contributed by atoms with Crippen molar-refractivity contribution in [2.45, 2.75) is 40.0 Å². The summed E-state index contributed by atoms with van der Waals surface area (Å²) in [4.78, 5) is 26.6. The van der Waals surface area contributed by atoms with Gasteiger partial charge in [-0.25, -0.2) is 9.97 Å². The Hall–Kier alpha value is -1.75. The monoisotopic (exact) mass is 516 g/mol. The van der Waals surface area contributed by atoms with Crippen molar-refractivity contribution in [3.8, 4) is 0 Å². The van der Waals surface area contributed by atoms with Crippen molar-refractivity contribution in [1.29, 1.82) is 0 Å². The topological polar surface area (TPSA) is 91.3 Å². The minimum absolute atomic E-state index is 0. The molecule has 154 valence electrons. The van der Waals surface area contributed by atoms with Gasteiger partial charge in [0.05, 0.1) is 5.01 Å². The molecule has 0 radical (unpaired) electrons. The molecular formula is C19H29IN6OS. The maximum absolute atomic E-state index is 12.0. The average Bonchev–Trinajstić information content (AvgIpc) is 3.10. The second kappa shape index (κ2) is 13.4. The number of guanidine groups is 1. The van der Waals surface area contributed by atoms with Crippen LogP contribution in [0.2, 0.25) is 0 Å². The SMILES string of the molecule is CCNC(=NCCc1ncc(CC)s1)NCCC(=O)Nc1cccc(C)n1.I. The Bertz CT molecular complexity index is 764. The normalized spacial score (nSPS) is 10.9. The number of nitrogens with one attached hydrogen (secondary N) is 3. The van der Waals surface area contributed by atoms with Gasteiger partial charge in [0.2, 0.25) is 5.91 Å². The number of pyridine rings is 1. The highest BCUT2D eigenvalue weighted by Gasteiger charge is 2.05. The number of carbonyl (C=O) groups excluding carboxylic acids is 1. The highest BCUT2D eigenvalue weighted by Crippen LogP contribution is 2.13. The van der Waals surface area contributed by atoms with Crippen molar-refractivity contribution in [2.24, 2.45) is 4.99 Å². The highest BCUT2D eigenvalue weighted by molar-refractivity contribution is 14.0. The van der Waals surface area contributed by atoms with Gasteiger partial charge in [0.15, 0.2) is 5.96 Å². The number of hydrogen-bond acceptors (Lipinski definition) is 5. The van der Waals surface area contributed by atoms with E-state index in [1.165, 1.54) is 4.88 Å². The lowest BCUT2D eigenvalue weighted by Crippen LogP contribution is -2.38. The van der Waals surface area contributed by atoms with Crippen molar-refractivity contribution >= 4 is 53.0 Å². The predicted molar refractivity (Wildman–Crippen MR) is 127 cm³/mol. The molecule has 0 fully saturated rings. The molecule has 2 heterocycles. The molecule has 0 aliphatic rings. The first-order valence-electron chi connectivity index (χ1n) is 9.30. The molecule has 0 atom stereocenters. The standard InChI is InChI=1S/C19H28N6OS.HI/c1-4-15-13-23-18(27-15)10-12-22-19(20-5-2)21-11-9-17(26)25-16-8-6-7-14(3)24-16;/h6-8,13H,4-5,9-12H2,1-3H3,(H2,20,21,22)(H,24,25,26);1H. The molecule has 2 aromatic heterocycles. The van der Waals surface area contributed by atoms with Gasteiger partial charge in [-0.15, -0.1) is 35.3 Å². The zero-order valence-corrected chi connectivity index (χ0v) is 19.8. The Labute approximate surface area is 187 Å². The zero-order valence-electron chi connectivity index (χ0n) is 16.6. The molecule has 0 aromatic carbocycles. The number of halogens is 1. The number of carbonyl (C=O) groups is 1. The molecule has 0 bridgehead atoms. The van der Waals surface area contributed by atoms with Crippen LogP contribution in [-0.2, 0) is 17.6 Å². The Morgan fingerprint density at radius 1 is 1.25 bits per heavy atom. The third-order valence-corrected chi connectivity index (χ3v) is 4.89. The number of aryl methyl sites for hydroxylation is 2. The van der Waals surface area contributed by atoms with Crippen molar-refractivity contribution in [3.63, 3.8) is 0 Å². The van der Waals surface area contributed by atoms with Crippen molar-refractivity contribution in [3.05, 3.63) is 40.0 Å². The maximum atomic E-state index is 12.0. The average molecular weight is 516 g/mol. The van der Waals surface area contributed by atoms with Crippen LogP contribution in [-0.4, -0.2) is 41.5 Å². The van der Waals surface area contributed by atoms with E-state index in [1.54, 1.807) is 17.4 Å². The summed E-state index contributed by atoms with van der Waals surface area (Å²) in [5, 5.41) is 10.3. The number of aromatic nitrogens is 2. The predicted octanol–water partition coefficient (Wildman–Crippen LogP) is 3.15. The van der Waals surface area contributed by atoms with Gasteiger partial charge in [-0.3, -0.25) is 9.79 Å². The largest absolute Gasteiger partial charge is 0.357 e. The Morgan fingerprint density at radius 2 is 2.07 bits per heavy atom. The molecule has 2 rings (SSSR count). The number of thiazole rings is 1. The van der Waals surface area contributed by atoms with E-state index in [2.05, 4.69) is 37.8 Å². The third kappa shape index (κ3) is 8.96. The summed E-state index contributed by atoms with van der Waals surface area (Å²) >= 11 is 1.74. The Balaban J connectivity index is 0.00000392. The van der Waals surface area contributed by atoms with Gasteiger partial charge in [-0.05, 0) is 32.4 Å². The molecule has 0 spiro atoms. The lowest BCUT2D eigenvalue weighted by molar-refractivity contribution is -0.116. The molecule has 2 aromatic rings. The fraction of sp³-hybridized carbons (Fsp3) is 0.474. The maximum Gasteiger partial charge on any atom is 0.227 e. The van der Waals surface area contributed by atoms with Crippen LogP contribution < -0.4 is 16.0 Å². The minimum atomic E-state index is -0.0775. The summed E-state index contributed by atoms with van der Waals surface area (Å²) in [6.07, 6.45) is 4.12. The molecule has 0 unspecified atom stereocenters. The smallest absolute Gasteiger partial charge is 0.227 e. The minimum Gasteiger partial charge on any atom is -0.357 e. The van der Waals surface area contributed by atoms with Crippen LogP contribution in [0.1, 0.15) is 35.8 Å². The summed E-state index contributed by atoms with van der Waals surface area (Å²) < 4.78 is 0. The fourth-order valence-corrected chi connectivity index (χ4v) is 3.20. The summed E-state index contributed by atoms with van der Waals surface area (Å²) in [7, 11) is 0. The van der Waals surface area contributed by atoms with Crippen LogP contribution in [0.15, 0.2) is 29.4 Å². The first-order valence-corrected chi connectivity index (χ1v) is 10.1. The summed E-state index contributed by atoms with van der Waals surface area (Å²) in [5.74, 6) is 1.22. The second-order valence-corrected chi connectivity index (χ2v) is 7.17. The van der Waals surface area contributed by atoms with Crippen LogP contribution in [0.5, 0.6) is 0 Å². The van der Waals surface area contributed by atoms with Crippen molar-refractivity contribution in [2.75, 3.05) is 25.0 Å². The summed E-state index contributed by atoms with van der Waals surface area (Å²) in [6.45, 7) is 7.97. The highest BCUT2D eigenvalue weighted by atomic mass is 127. The molecule has 0 saturated heterocycles. The van der Waals surface area contributed by atoms with Gasteiger partial charge < -0.3 is 16.0 Å². The van der Waals surface area contributed by atoms with E-state index in [9.17, 15) is 4.79 Å². The number of amides is 1. The van der Waals surface area contributed by atoms with Gasteiger partial charge >= 0.3 is 0 Å². The molecular weight excluding hydrogens is 487 g/mol. The lowest BCUT2D eigenvalue weighted by atomic mass is 10.3. The summed E-state index contributed by atoms with van der Waals surface area (Å²) in [6, 6.07) is 5.55. The molecule has 0 saturated carbocycles. The molecule has 0 aliphatic heterocycles. The van der Waals surface area contributed by atoms with Gasteiger partial charge in [-0.2, -0.15) is 0 Å². The molecule has 7 nitrogen and oxygen atoms in total. The molecule has 0 aliphatic carbocycles. The van der Waals surface area contributed by atoms with Crippen LogP contribution in [0, 0.1) is 6.92 Å². The van der Waals surface area contributed by atoms with E-state index in [0.717, 1.165) is 30.1 Å². The molecule has 28 heavy (non-hydrogen) atoms. The molecule has 3 N–H and O–H groups in total. The zero-order chi connectivity index (χ0) is 19.5. The van der Waals surface area contributed by atoms with E-state index in [-0.39, 0.29) is 29.9 Å². The number of hydrogen-bond donors (Lipinski definition) is 3. The van der Waals surface area contributed by atoms with E-state index in [1.807, 2.05) is 32.2 Å². The van der Waals surface area contributed by atoms with E-state index >= 15 is 0 Å². The quantitative estimate of drug-likeness (QED) is 0.271. The van der Waals surface area contributed by atoms with Gasteiger partial charge in [-0.1, -0.05) is 13.0 Å². The first kappa shape index (κ1) is 24.3. The van der Waals surface area contributed by atoms with Crippen LogP contribution in [0.4, 0.5) is 5.82 Å². The van der Waals surface area contributed by atoms with Crippen molar-refractivity contribution in [1.82, 2.24) is 20.6 Å². The van der Waals surface area contributed by atoms with E-state index in [4.69, 9.17) is 0 Å². The molecule has 9 heteroatoms. The number of anilines is 1. The number of nitrogens with zero attached hydrogens (tertiary/aromatic N) is 3. The number of aliphatic imine (C=N–C) groups is 1. The van der Waals surface area contributed by atoms with Gasteiger partial charge in [0.1, 0.15) is 5.82 Å². The van der Waals surface area contributed by atoms with Gasteiger partial charge in [0, 0.05) is 49.2 Å². The van der Waals surface area contributed by atoms with Crippen LogP contribution >= 0.6 is 35.3 Å². The third-order valence-electron chi connectivity index (χ3n) is 3.69. The fourth-order valence-electron chi connectivity index (χ4n) is 2.34. The van der Waals surface area contributed by atoms with E-state index < -0.39 is 0 Å². The van der Waals surface area contributed by atoms with E-state index in [0.29, 0.717) is 31.3 Å². The molecule has 1 amide bonds. The number of rotatable bonds is 9. The lowest BCUT2D eigenvalue weighted by Gasteiger charge is -2.11. The second-order valence-electron chi connectivity index (χ2n) is 5.97. The van der Waals surface area contributed by atoms with Crippen LogP contribution in [0.25, 0.3) is 0 Å². The van der Waals surface area contributed by atoms with Gasteiger partial charge in [0.25, 0.3) is 0 Å². The summed E-state index contributed by atoms with van der Waals surface area (Å²) in [5.41, 5.74) is 0.874. The Morgan fingerprint density at radius 3 is 2.75 bits per heavy atom. The Kier molecular flexibility index (Phi) is 11.7. The van der Waals surface area contributed by atoms with Crippen LogP contribution in [0.3, 0.4) is 0 Å². The van der Waals surface area contributed by atoms with Crippen molar-refractivity contribution < 1.29 is 4.79 Å². The first-order chi connectivity index (χ1) is 13.1.